The summed E-state index contributed by atoms with van der Waals surface area (Å²) in [6, 6.07) is 5.95. The third-order valence-electron chi connectivity index (χ3n) is 2.36. The second-order valence-corrected chi connectivity index (χ2v) is 4.35. The van der Waals surface area contributed by atoms with E-state index in [1.165, 1.54) is 12.3 Å². The number of rotatable bonds is 3. The first kappa shape index (κ1) is 12.7. The first-order valence-electron chi connectivity index (χ1n) is 4.91. The highest BCUT2D eigenvalue weighted by Crippen LogP contribution is 2.26. The van der Waals surface area contributed by atoms with Gasteiger partial charge >= 0.3 is 5.97 Å². The Kier molecular flexibility index (Phi) is 3.41. The maximum absolute atomic E-state index is 12.1. The Hall–Kier alpha value is -1.78. The van der Waals surface area contributed by atoms with Gasteiger partial charge in [-0.05, 0) is 18.2 Å². The summed E-state index contributed by atoms with van der Waals surface area (Å²) in [6.45, 7) is 0. The number of aromatic carboxylic acids is 1. The molecule has 2 aromatic rings. The standard InChI is InChI=1S/C12H7Cl2NO3/c13-7-2-1-3-8(14)10(7)11(16)9-4-6(5-15-9)12(17)18/h1-5,15H,(H,17,18). The largest absolute Gasteiger partial charge is 0.478 e. The fraction of sp³-hybridized carbons (Fsp3) is 0. The van der Waals surface area contributed by atoms with E-state index < -0.39 is 11.8 Å². The highest BCUT2D eigenvalue weighted by Gasteiger charge is 2.19. The molecule has 0 aliphatic heterocycles. The SMILES string of the molecule is O=C(O)c1c[nH]c(C(=O)c2c(Cl)cccc2Cl)c1. The van der Waals surface area contributed by atoms with Crippen molar-refractivity contribution in [1.82, 2.24) is 4.98 Å². The van der Waals surface area contributed by atoms with E-state index in [0.717, 1.165) is 0 Å². The summed E-state index contributed by atoms with van der Waals surface area (Å²) < 4.78 is 0. The van der Waals surface area contributed by atoms with Gasteiger partial charge < -0.3 is 10.1 Å². The molecule has 18 heavy (non-hydrogen) atoms. The molecular formula is C12H7Cl2NO3. The fourth-order valence-corrected chi connectivity index (χ4v) is 2.07. The summed E-state index contributed by atoms with van der Waals surface area (Å²) in [7, 11) is 0. The van der Waals surface area contributed by atoms with Crippen LogP contribution in [0.3, 0.4) is 0 Å². The molecule has 1 aromatic heterocycles. The molecule has 0 aliphatic rings. The van der Waals surface area contributed by atoms with Gasteiger partial charge in [0.05, 0.1) is 26.9 Å². The number of carboxylic acid groups (broad SMARTS) is 1. The van der Waals surface area contributed by atoms with E-state index in [9.17, 15) is 9.59 Å². The second kappa shape index (κ2) is 4.84. The molecule has 0 fully saturated rings. The molecule has 6 heteroatoms. The zero-order chi connectivity index (χ0) is 13.3. The van der Waals surface area contributed by atoms with Crippen molar-refractivity contribution in [3.63, 3.8) is 0 Å². The van der Waals surface area contributed by atoms with E-state index >= 15 is 0 Å². The predicted molar refractivity (Wildman–Crippen MR) is 67.6 cm³/mol. The normalized spacial score (nSPS) is 10.3. The van der Waals surface area contributed by atoms with Crippen molar-refractivity contribution >= 4 is 35.0 Å². The topological polar surface area (TPSA) is 70.2 Å². The van der Waals surface area contributed by atoms with Gasteiger partial charge in [-0.2, -0.15) is 0 Å². The summed E-state index contributed by atoms with van der Waals surface area (Å²) >= 11 is 11.8. The number of ketones is 1. The van der Waals surface area contributed by atoms with Crippen LogP contribution in [0.5, 0.6) is 0 Å². The summed E-state index contributed by atoms with van der Waals surface area (Å²) in [5.41, 5.74) is 0.281. The summed E-state index contributed by atoms with van der Waals surface area (Å²) in [6.07, 6.45) is 1.24. The molecule has 2 N–H and O–H groups in total. The van der Waals surface area contributed by atoms with Gasteiger partial charge in [0.25, 0.3) is 0 Å². The molecular weight excluding hydrogens is 277 g/mol. The quantitative estimate of drug-likeness (QED) is 0.850. The molecule has 1 heterocycles. The van der Waals surface area contributed by atoms with Crippen LogP contribution in [0, 0.1) is 0 Å². The minimum atomic E-state index is -1.12. The molecule has 0 saturated heterocycles. The summed E-state index contributed by atoms with van der Waals surface area (Å²) in [5, 5.41) is 9.22. The van der Waals surface area contributed by atoms with Crippen LogP contribution >= 0.6 is 23.2 Å². The lowest BCUT2D eigenvalue weighted by Crippen LogP contribution is -2.03. The predicted octanol–water partition coefficient (Wildman–Crippen LogP) is 3.25. The lowest BCUT2D eigenvalue weighted by molar-refractivity contribution is 0.0697. The van der Waals surface area contributed by atoms with Crippen molar-refractivity contribution in [1.29, 1.82) is 0 Å². The van der Waals surface area contributed by atoms with Crippen molar-refractivity contribution in [2.24, 2.45) is 0 Å². The molecule has 0 spiro atoms. The molecule has 92 valence electrons. The number of nitrogens with one attached hydrogen (secondary N) is 1. The van der Waals surface area contributed by atoms with E-state index in [4.69, 9.17) is 28.3 Å². The van der Waals surface area contributed by atoms with E-state index in [2.05, 4.69) is 4.98 Å². The number of aromatic nitrogens is 1. The van der Waals surface area contributed by atoms with Gasteiger partial charge in [0.1, 0.15) is 0 Å². The molecule has 1 aromatic carbocycles. The van der Waals surface area contributed by atoms with Crippen molar-refractivity contribution < 1.29 is 14.7 Å². The molecule has 4 nitrogen and oxygen atoms in total. The number of H-pyrrole nitrogens is 1. The van der Waals surface area contributed by atoms with Crippen LogP contribution in [-0.4, -0.2) is 21.8 Å². The minimum absolute atomic E-state index is 0.00141. The van der Waals surface area contributed by atoms with Crippen LogP contribution in [0.1, 0.15) is 26.4 Å². The fourth-order valence-electron chi connectivity index (χ4n) is 1.50. The van der Waals surface area contributed by atoms with Crippen LogP contribution in [0.15, 0.2) is 30.5 Å². The summed E-state index contributed by atoms with van der Waals surface area (Å²) in [5.74, 6) is -1.56. The van der Waals surface area contributed by atoms with E-state index in [1.54, 1.807) is 18.2 Å². The van der Waals surface area contributed by atoms with Crippen molar-refractivity contribution in [2.75, 3.05) is 0 Å². The lowest BCUT2D eigenvalue weighted by atomic mass is 10.1. The number of halogens is 2. The number of hydrogen-bond donors (Lipinski definition) is 2. The summed E-state index contributed by atoms with van der Waals surface area (Å²) in [4.78, 5) is 25.4. The number of carbonyl (C=O) groups is 2. The Morgan fingerprint density at radius 2 is 1.78 bits per heavy atom. The average molecular weight is 284 g/mol. The molecule has 2 rings (SSSR count). The first-order valence-corrected chi connectivity index (χ1v) is 5.66. The van der Waals surface area contributed by atoms with E-state index in [0.29, 0.717) is 0 Å². The van der Waals surface area contributed by atoms with Crippen molar-refractivity contribution in [2.45, 2.75) is 0 Å². The number of benzene rings is 1. The van der Waals surface area contributed by atoms with Gasteiger partial charge in [-0.25, -0.2) is 4.79 Å². The van der Waals surface area contributed by atoms with Crippen molar-refractivity contribution in [3.8, 4) is 0 Å². The van der Waals surface area contributed by atoms with Gasteiger partial charge in [-0.3, -0.25) is 4.79 Å². The van der Waals surface area contributed by atoms with Gasteiger partial charge in [-0.1, -0.05) is 29.3 Å². The van der Waals surface area contributed by atoms with Gasteiger partial charge in [0, 0.05) is 6.20 Å². The lowest BCUT2D eigenvalue weighted by Gasteiger charge is -2.03. The van der Waals surface area contributed by atoms with Crippen LogP contribution in [0.4, 0.5) is 0 Å². The van der Waals surface area contributed by atoms with Crippen LogP contribution < -0.4 is 0 Å². The van der Waals surface area contributed by atoms with E-state index in [-0.39, 0.29) is 26.9 Å². The number of carbonyl (C=O) groups excluding carboxylic acids is 1. The smallest absolute Gasteiger partial charge is 0.337 e. The van der Waals surface area contributed by atoms with Crippen LogP contribution in [-0.2, 0) is 0 Å². The molecule has 0 radical (unpaired) electrons. The molecule has 0 atom stereocenters. The molecule has 0 amide bonds. The highest BCUT2D eigenvalue weighted by atomic mass is 35.5. The van der Waals surface area contributed by atoms with Crippen LogP contribution in [0.2, 0.25) is 10.0 Å². The zero-order valence-electron chi connectivity index (χ0n) is 8.91. The monoisotopic (exact) mass is 283 g/mol. The van der Waals surface area contributed by atoms with Gasteiger partial charge in [-0.15, -0.1) is 0 Å². The third kappa shape index (κ3) is 2.25. The van der Waals surface area contributed by atoms with E-state index in [1.807, 2.05) is 0 Å². The highest BCUT2D eigenvalue weighted by molar-refractivity contribution is 6.40. The third-order valence-corrected chi connectivity index (χ3v) is 2.99. The Morgan fingerprint density at radius 1 is 1.17 bits per heavy atom. The molecule has 0 saturated carbocycles. The number of hydrogen-bond acceptors (Lipinski definition) is 2. The van der Waals surface area contributed by atoms with Crippen molar-refractivity contribution in [3.05, 3.63) is 57.3 Å². The molecule has 0 aliphatic carbocycles. The average Bonchev–Trinajstić information content (AvgIpc) is 2.77. The Bertz CT molecular complexity index is 614. The Morgan fingerprint density at radius 3 is 2.28 bits per heavy atom. The Labute approximate surface area is 112 Å². The zero-order valence-corrected chi connectivity index (χ0v) is 10.4. The number of aromatic amines is 1. The minimum Gasteiger partial charge on any atom is -0.478 e. The number of carboxylic acids is 1. The second-order valence-electron chi connectivity index (χ2n) is 3.53. The maximum atomic E-state index is 12.1. The van der Waals surface area contributed by atoms with Gasteiger partial charge in [0.15, 0.2) is 0 Å². The first-order chi connectivity index (χ1) is 8.50. The molecule has 0 unspecified atom stereocenters. The Balaban J connectivity index is 2.45. The maximum Gasteiger partial charge on any atom is 0.337 e. The van der Waals surface area contributed by atoms with Crippen LogP contribution in [0.25, 0.3) is 0 Å². The van der Waals surface area contributed by atoms with Gasteiger partial charge in [0.2, 0.25) is 5.78 Å². The molecule has 0 bridgehead atoms.